The van der Waals surface area contributed by atoms with Crippen LogP contribution in [0.25, 0.3) is 0 Å². The van der Waals surface area contributed by atoms with Gasteiger partial charge in [0.15, 0.2) is 0 Å². The van der Waals surface area contributed by atoms with E-state index in [0.29, 0.717) is 6.04 Å². The van der Waals surface area contributed by atoms with Gasteiger partial charge in [0.25, 0.3) is 0 Å². The third-order valence-corrected chi connectivity index (χ3v) is 3.03. The fourth-order valence-electron chi connectivity index (χ4n) is 1.90. The average molecular weight is 284 g/mol. The molecule has 1 aromatic carbocycles. The van der Waals surface area contributed by atoms with Crippen LogP contribution in [0.2, 0.25) is 0 Å². The Morgan fingerprint density at radius 3 is 2.11 bits per heavy atom. The standard InChI is InChI=1S/C11H15NS.3C2H6/c1-8-4-5-11(13)9(7-8)10-3-2-6-12-10;3*1-2/h4-5,7,10,12-13H,2-3,6H2,1H3;3*1-2H3. The fourth-order valence-corrected chi connectivity index (χ4v) is 2.20. The van der Waals surface area contributed by atoms with E-state index in [9.17, 15) is 0 Å². The van der Waals surface area contributed by atoms with Crippen molar-refractivity contribution < 1.29 is 0 Å². The van der Waals surface area contributed by atoms with Gasteiger partial charge in [-0.3, -0.25) is 0 Å². The fraction of sp³-hybridized carbons (Fsp3) is 0.647. The first-order valence-electron chi connectivity index (χ1n) is 7.80. The van der Waals surface area contributed by atoms with Gasteiger partial charge in [0.1, 0.15) is 0 Å². The molecule has 1 nitrogen and oxygen atoms in total. The molecule has 1 N–H and O–H groups in total. The lowest BCUT2D eigenvalue weighted by atomic mass is 10.0. The molecule has 1 unspecified atom stereocenters. The molecule has 19 heavy (non-hydrogen) atoms. The smallest absolute Gasteiger partial charge is 0.0331 e. The molecule has 112 valence electrons. The molecule has 1 fully saturated rings. The van der Waals surface area contributed by atoms with Crippen LogP contribution in [0.5, 0.6) is 0 Å². The van der Waals surface area contributed by atoms with Crippen molar-refractivity contribution in [2.45, 2.75) is 72.2 Å². The van der Waals surface area contributed by atoms with Gasteiger partial charge in [0.05, 0.1) is 0 Å². The second-order valence-corrected chi connectivity index (χ2v) is 4.19. The molecular weight excluding hydrogens is 250 g/mol. The van der Waals surface area contributed by atoms with Crippen LogP contribution in [0.1, 0.15) is 71.6 Å². The quantitative estimate of drug-likeness (QED) is 0.622. The predicted molar refractivity (Wildman–Crippen MR) is 92.5 cm³/mol. The third kappa shape index (κ3) is 7.64. The number of hydrogen-bond donors (Lipinski definition) is 2. The van der Waals surface area contributed by atoms with Crippen LogP contribution in [0.3, 0.4) is 0 Å². The van der Waals surface area contributed by atoms with E-state index in [4.69, 9.17) is 0 Å². The van der Waals surface area contributed by atoms with Gasteiger partial charge in [-0.25, -0.2) is 0 Å². The van der Waals surface area contributed by atoms with Gasteiger partial charge in [-0.05, 0) is 37.9 Å². The molecule has 0 aliphatic carbocycles. The minimum Gasteiger partial charge on any atom is -0.310 e. The van der Waals surface area contributed by atoms with Crippen LogP contribution in [-0.2, 0) is 0 Å². The zero-order chi connectivity index (χ0) is 15.3. The molecule has 1 atom stereocenters. The maximum absolute atomic E-state index is 4.48. The first kappa shape index (κ1) is 20.8. The Balaban J connectivity index is 0. The summed E-state index contributed by atoms with van der Waals surface area (Å²) in [4.78, 5) is 1.12. The van der Waals surface area contributed by atoms with Crippen molar-refractivity contribution in [1.29, 1.82) is 0 Å². The summed E-state index contributed by atoms with van der Waals surface area (Å²) < 4.78 is 0. The van der Waals surface area contributed by atoms with Gasteiger partial charge in [-0.15, -0.1) is 12.6 Å². The lowest BCUT2D eigenvalue weighted by Crippen LogP contribution is -2.13. The first-order valence-corrected chi connectivity index (χ1v) is 8.25. The van der Waals surface area contributed by atoms with E-state index in [0.717, 1.165) is 11.4 Å². The molecule has 2 rings (SSSR count). The Kier molecular flexibility index (Phi) is 15.3. The molecular formula is C17H33NS. The third-order valence-electron chi connectivity index (χ3n) is 2.62. The van der Waals surface area contributed by atoms with E-state index in [1.54, 1.807) is 0 Å². The molecule has 2 heteroatoms. The van der Waals surface area contributed by atoms with Crippen molar-refractivity contribution in [1.82, 2.24) is 5.32 Å². The van der Waals surface area contributed by atoms with E-state index >= 15 is 0 Å². The predicted octanol–water partition coefficient (Wildman–Crippen LogP) is 5.79. The van der Waals surface area contributed by atoms with Crippen LogP contribution < -0.4 is 5.32 Å². The maximum atomic E-state index is 4.48. The molecule has 1 aromatic rings. The Morgan fingerprint density at radius 1 is 1.05 bits per heavy atom. The minimum atomic E-state index is 0.535. The molecule has 0 spiro atoms. The Labute approximate surface area is 126 Å². The number of hydrogen-bond acceptors (Lipinski definition) is 2. The van der Waals surface area contributed by atoms with Gasteiger partial charge in [0.2, 0.25) is 0 Å². The SMILES string of the molecule is CC.CC.CC.Cc1ccc(S)c(C2CCCN2)c1. The lowest BCUT2D eigenvalue weighted by molar-refractivity contribution is 0.636. The normalized spacial score (nSPS) is 16.1. The Hall–Kier alpha value is -0.470. The van der Waals surface area contributed by atoms with Gasteiger partial charge in [-0.2, -0.15) is 0 Å². The summed E-state index contributed by atoms with van der Waals surface area (Å²) in [6, 6.07) is 6.98. The Morgan fingerprint density at radius 2 is 1.63 bits per heavy atom. The summed E-state index contributed by atoms with van der Waals surface area (Å²) in [6.45, 7) is 15.3. The van der Waals surface area contributed by atoms with Crippen molar-refractivity contribution in [3.8, 4) is 0 Å². The Bertz CT molecular complexity index is 304. The number of benzene rings is 1. The van der Waals surface area contributed by atoms with Gasteiger partial charge in [0, 0.05) is 10.9 Å². The van der Waals surface area contributed by atoms with E-state index in [1.807, 2.05) is 41.5 Å². The summed E-state index contributed by atoms with van der Waals surface area (Å²) in [7, 11) is 0. The zero-order valence-corrected chi connectivity index (χ0v) is 14.8. The second-order valence-electron chi connectivity index (χ2n) is 3.71. The largest absolute Gasteiger partial charge is 0.310 e. The van der Waals surface area contributed by atoms with Crippen LogP contribution in [0.4, 0.5) is 0 Å². The van der Waals surface area contributed by atoms with Crippen molar-refractivity contribution >= 4 is 12.6 Å². The molecule has 0 saturated carbocycles. The first-order chi connectivity index (χ1) is 9.27. The van der Waals surface area contributed by atoms with Gasteiger partial charge >= 0.3 is 0 Å². The molecule has 0 bridgehead atoms. The van der Waals surface area contributed by atoms with Crippen molar-refractivity contribution in [2.75, 3.05) is 6.54 Å². The van der Waals surface area contributed by atoms with E-state index in [-0.39, 0.29) is 0 Å². The van der Waals surface area contributed by atoms with Crippen LogP contribution in [-0.4, -0.2) is 6.54 Å². The molecule has 0 amide bonds. The van der Waals surface area contributed by atoms with Gasteiger partial charge in [-0.1, -0.05) is 59.2 Å². The van der Waals surface area contributed by atoms with E-state index < -0.39 is 0 Å². The molecule has 1 aliphatic heterocycles. The highest BCUT2D eigenvalue weighted by molar-refractivity contribution is 7.80. The lowest BCUT2D eigenvalue weighted by Gasteiger charge is -2.13. The number of aryl methyl sites for hydroxylation is 1. The molecule has 0 radical (unpaired) electrons. The molecule has 1 saturated heterocycles. The molecule has 0 aromatic heterocycles. The zero-order valence-electron chi connectivity index (χ0n) is 13.9. The maximum Gasteiger partial charge on any atom is 0.0331 e. The highest BCUT2D eigenvalue weighted by atomic mass is 32.1. The van der Waals surface area contributed by atoms with Gasteiger partial charge < -0.3 is 5.32 Å². The van der Waals surface area contributed by atoms with Crippen molar-refractivity contribution in [2.24, 2.45) is 0 Å². The molecule has 1 aliphatic rings. The van der Waals surface area contributed by atoms with E-state index in [2.05, 4.69) is 43.1 Å². The monoisotopic (exact) mass is 283 g/mol. The van der Waals surface area contributed by atoms with Crippen LogP contribution >= 0.6 is 12.6 Å². The van der Waals surface area contributed by atoms with E-state index in [1.165, 1.54) is 24.0 Å². The second kappa shape index (κ2) is 14.0. The highest BCUT2D eigenvalue weighted by Gasteiger charge is 2.17. The summed E-state index contributed by atoms with van der Waals surface area (Å²) in [6.07, 6.45) is 2.53. The van der Waals surface area contributed by atoms with Crippen molar-refractivity contribution in [3.63, 3.8) is 0 Å². The van der Waals surface area contributed by atoms with Crippen LogP contribution in [0, 0.1) is 6.92 Å². The summed E-state index contributed by atoms with van der Waals surface area (Å²) in [5, 5.41) is 3.49. The average Bonchev–Trinajstić information content (AvgIpc) is 3.02. The molecule has 1 heterocycles. The minimum absolute atomic E-state index is 0.535. The highest BCUT2D eigenvalue weighted by Crippen LogP contribution is 2.28. The number of rotatable bonds is 1. The van der Waals surface area contributed by atoms with Crippen molar-refractivity contribution in [3.05, 3.63) is 29.3 Å². The summed E-state index contributed by atoms with van der Waals surface area (Å²) in [5.74, 6) is 0. The summed E-state index contributed by atoms with van der Waals surface area (Å²) in [5.41, 5.74) is 2.68. The topological polar surface area (TPSA) is 12.0 Å². The van der Waals surface area contributed by atoms with Crippen LogP contribution in [0.15, 0.2) is 23.1 Å². The number of thiol groups is 1. The number of nitrogens with one attached hydrogen (secondary N) is 1. The summed E-state index contributed by atoms with van der Waals surface area (Å²) >= 11 is 4.48.